The number of nitrogens with zero attached hydrogens (tertiary/aromatic N) is 1. The fraction of sp³-hybridized carbons (Fsp3) is 0.0909. The number of thioether (sulfide) groups is 1. The van der Waals surface area contributed by atoms with Gasteiger partial charge in [0.1, 0.15) is 0 Å². The number of fused-ring (bicyclic) bond motifs is 1. The van der Waals surface area contributed by atoms with Gasteiger partial charge >= 0.3 is 0 Å². The lowest BCUT2D eigenvalue weighted by molar-refractivity contribution is -0.113. The predicted molar refractivity (Wildman–Crippen MR) is 127 cm³/mol. The van der Waals surface area contributed by atoms with E-state index in [2.05, 4.69) is 15.9 Å². The number of carbonyl (C=O) groups excluding carboxylic acids is 1. The van der Waals surface area contributed by atoms with Crippen molar-refractivity contribution in [1.29, 1.82) is 0 Å². The van der Waals surface area contributed by atoms with Gasteiger partial charge in [0, 0.05) is 5.39 Å². The van der Waals surface area contributed by atoms with E-state index < -0.39 is 0 Å². The summed E-state index contributed by atoms with van der Waals surface area (Å²) in [5.74, 6) is 0.225. The van der Waals surface area contributed by atoms with Gasteiger partial charge in [-0.1, -0.05) is 60.4 Å². The molecule has 3 aromatic rings. The Morgan fingerprint density at radius 3 is 2.76 bits per heavy atom. The van der Waals surface area contributed by atoms with Crippen molar-refractivity contribution < 1.29 is 14.6 Å². The number of carbonyl (C=O) groups is 1. The van der Waals surface area contributed by atoms with Gasteiger partial charge in [-0.05, 0) is 58.1 Å². The molecule has 0 spiro atoms. The summed E-state index contributed by atoms with van der Waals surface area (Å²) in [5, 5.41) is 12.1. The lowest BCUT2D eigenvalue weighted by Gasteiger charge is -2.17. The zero-order valence-electron chi connectivity index (χ0n) is 15.4. The van der Waals surface area contributed by atoms with Crippen LogP contribution in [0.1, 0.15) is 12.5 Å². The van der Waals surface area contributed by atoms with Crippen LogP contribution in [0.5, 0.6) is 11.5 Å². The number of hydrogen-bond acceptors (Lipinski definition) is 5. The normalized spacial score (nSPS) is 15.5. The first-order valence-electron chi connectivity index (χ1n) is 8.90. The minimum atomic E-state index is -0.168. The summed E-state index contributed by atoms with van der Waals surface area (Å²) in [4.78, 5) is 15.3. The molecule has 1 saturated heterocycles. The summed E-state index contributed by atoms with van der Waals surface area (Å²) in [5.41, 5.74) is 1.51. The highest BCUT2D eigenvalue weighted by Crippen LogP contribution is 2.41. The first-order valence-corrected chi connectivity index (χ1v) is 10.9. The lowest BCUT2D eigenvalue weighted by Crippen LogP contribution is -2.27. The lowest BCUT2D eigenvalue weighted by atomic mass is 10.1. The molecule has 0 radical (unpaired) electrons. The van der Waals surface area contributed by atoms with E-state index in [1.54, 1.807) is 23.1 Å². The molecule has 1 N–H and O–H groups in total. The summed E-state index contributed by atoms with van der Waals surface area (Å²) in [6.07, 6.45) is 1.76. The molecule has 0 unspecified atom stereocenters. The van der Waals surface area contributed by atoms with Gasteiger partial charge in [-0.25, -0.2) is 0 Å². The molecule has 0 aliphatic carbocycles. The number of aromatic hydroxyl groups is 1. The molecule has 1 aliphatic heterocycles. The Morgan fingerprint density at radius 1 is 1.21 bits per heavy atom. The number of phenols is 1. The van der Waals surface area contributed by atoms with Crippen molar-refractivity contribution in [3.63, 3.8) is 0 Å². The average Bonchev–Trinajstić information content (AvgIpc) is 2.98. The summed E-state index contributed by atoms with van der Waals surface area (Å²) >= 11 is 10.1. The highest BCUT2D eigenvalue weighted by Gasteiger charge is 2.34. The molecule has 1 amide bonds. The van der Waals surface area contributed by atoms with E-state index in [4.69, 9.17) is 17.0 Å². The van der Waals surface area contributed by atoms with Gasteiger partial charge in [0.2, 0.25) is 0 Å². The number of benzene rings is 3. The molecule has 4 rings (SSSR count). The van der Waals surface area contributed by atoms with Crippen LogP contribution in [0.25, 0.3) is 16.8 Å². The van der Waals surface area contributed by atoms with E-state index in [-0.39, 0.29) is 11.7 Å². The highest BCUT2D eigenvalue weighted by atomic mass is 79.9. The van der Waals surface area contributed by atoms with Crippen LogP contribution >= 0.6 is 39.9 Å². The number of halogens is 1. The van der Waals surface area contributed by atoms with Gasteiger partial charge in [-0.2, -0.15) is 0 Å². The van der Waals surface area contributed by atoms with Crippen molar-refractivity contribution >= 4 is 72.7 Å². The molecule has 0 aromatic heterocycles. The third-order valence-electron chi connectivity index (χ3n) is 4.45. The van der Waals surface area contributed by atoms with E-state index >= 15 is 0 Å². The summed E-state index contributed by atoms with van der Waals surface area (Å²) in [7, 11) is 0. The molecule has 7 heteroatoms. The van der Waals surface area contributed by atoms with E-state index in [1.807, 2.05) is 49.4 Å². The zero-order chi connectivity index (χ0) is 20.5. The Balaban J connectivity index is 1.74. The van der Waals surface area contributed by atoms with Crippen molar-refractivity contribution in [3.05, 3.63) is 69.5 Å². The van der Waals surface area contributed by atoms with Crippen molar-refractivity contribution in [2.45, 2.75) is 6.92 Å². The number of phenolic OH excluding ortho intramolecular Hbond substituents is 1. The quantitative estimate of drug-likeness (QED) is 0.356. The number of hydrogen-bond donors (Lipinski definition) is 1. The minimum absolute atomic E-state index is 0.0345. The van der Waals surface area contributed by atoms with Crippen LogP contribution in [0.4, 0.5) is 5.69 Å². The second kappa shape index (κ2) is 8.18. The maximum atomic E-state index is 13.2. The maximum absolute atomic E-state index is 13.2. The Labute approximate surface area is 186 Å². The van der Waals surface area contributed by atoms with Gasteiger partial charge < -0.3 is 9.84 Å². The molecule has 29 heavy (non-hydrogen) atoms. The number of anilines is 1. The van der Waals surface area contributed by atoms with Crippen molar-refractivity contribution in [1.82, 2.24) is 0 Å². The number of ether oxygens (including phenoxy) is 1. The molecular formula is C22H16BrNO3S2. The van der Waals surface area contributed by atoms with Gasteiger partial charge in [-0.15, -0.1) is 0 Å². The van der Waals surface area contributed by atoms with Crippen LogP contribution in [-0.2, 0) is 4.79 Å². The summed E-state index contributed by atoms with van der Waals surface area (Å²) < 4.78 is 6.46. The SMILES string of the molecule is CCOc1cc(/C=C2\SC(=S)N(c3cccc4ccccc34)C2=O)cc(Br)c1O. The Hall–Kier alpha value is -2.35. The Kier molecular flexibility index (Phi) is 5.63. The van der Waals surface area contributed by atoms with E-state index in [0.29, 0.717) is 26.1 Å². The first-order chi connectivity index (χ1) is 14.0. The molecule has 1 heterocycles. The van der Waals surface area contributed by atoms with E-state index in [0.717, 1.165) is 22.0 Å². The summed E-state index contributed by atoms with van der Waals surface area (Å²) in [6, 6.07) is 17.2. The van der Waals surface area contributed by atoms with E-state index in [9.17, 15) is 9.90 Å². The Morgan fingerprint density at radius 2 is 1.97 bits per heavy atom. The standard InChI is InChI=1S/C22H16BrNO3S2/c1-2-27-18-11-13(10-16(23)20(18)25)12-19-21(26)24(22(28)29-19)17-9-5-7-14-6-3-4-8-15(14)17/h3-12,25H,2H2,1H3/b19-12-. The molecule has 4 nitrogen and oxygen atoms in total. The highest BCUT2D eigenvalue weighted by molar-refractivity contribution is 9.10. The van der Waals surface area contributed by atoms with Crippen molar-refractivity contribution in [2.24, 2.45) is 0 Å². The molecule has 0 bridgehead atoms. The van der Waals surface area contributed by atoms with Crippen LogP contribution in [0.3, 0.4) is 0 Å². The van der Waals surface area contributed by atoms with Gasteiger partial charge in [0.15, 0.2) is 15.8 Å². The molecule has 1 fully saturated rings. The zero-order valence-corrected chi connectivity index (χ0v) is 18.6. The smallest absolute Gasteiger partial charge is 0.270 e. The molecule has 1 aliphatic rings. The number of amides is 1. The fourth-order valence-corrected chi connectivity index (χ4v) is 4.92. The largest absolute Gasteiger partial charge is 0.503 e. The van der Waals surface area contributed by atoms with Crippen molar-refractivity contribution in [3.8, 4) is 11.5 Å². The average molecular weight is 486 g/mol. The first kappa shape index (κ1) is 19.9. The predicted octanol–water partition coefficient (Wildman–Crippen LogP) is 6.11. The van der Waals surface area contributed by atoms with Gasteiger partial charge in [-0.3, -0.25) is 9.69 Å². The molecule has 0 saturated carbocycles. The minimum Gasteiger partial charge on any atom is -0.503 e. The topological polar surface area (TPSA) is 49.8 Å². The van der Waals surface area contributed by atoms with E-state index in [1.165, 1.54) is 11.8 Å². The number of rotatable bonds is 4. The third-order valence-corrected chi connectivity index (χ3v) is 6.36. The fourth-order valence-electron chi connectivity index (χ4n) is 3.17. The van der Waals surface area contributed by atoms with Crippen LogP contribution < -0.4 is 9.64 Å². The molecule has 3 aromatic carbocycles. The van der Waals surface area contributed by atoms with Crippen LogP contribution in [0, 0.1) is 0 Å². The van der Waals surface area contributed by atoms with Crippen LogP contribution in [-0.4, -0.2) is 21.9 Å². The Bertz CT molecular complexity index is 1170. The molecule has 0 atom stereocenters. The van der Waals surface area contributed by atoms with Crippen LogP contribution in [0.15, 0.2) is 64.0 Å². The summed E-state index contributed by atoms with van der Waals surface area (Å²) in [6.45, 7) is 2.27. The second-order valence-corrected chi connectivity index (χ2v) is 8.83. The second-order valence-electron chi connectivity index (χ2n) is 6.30. The van der Waals surface area contributed by atoms with Gasteiger partial charge in [0.25, 0.3) is 5.91 Å². The molecular weight excluding hydrogens is 470 g/mol. The van der Waals surface area contributed by atoms with Crippen molar-refractivity contribution in [2.75, 3.05) is 11.5 Å². The van der Waals surface area contributed by atoms with Crippen LogP contribution in [0.2, 0.25) is 0 Å². The molecule has 146 valence electrons. The number of thiocarbonyl (C=S) groups is 1. The van der Waals surface area contributed by atoms with Gasteiger partial charge in [0.05, 0.1) is 21.7 Å². The maximum Gasteiger partial charge on any atom is 0.270 e. The monoisotopic (exact) mass is 485 g/mol. The third kappa shape index (κ3) is 3.77.